The van der Waals surface area contributed by atoms with Gasteiger partial charge in [0, 0.05) is 0 Å². The van der Waals surface area contributed by atoms with Crippen LogP contribution in [0, 0.1) is 26.6 Å². The van der Waals surface area contributed by atoms with Gasteiger partial charge in [-0.2, -0.15) is 0 Å². The molecule has 6 heteroatoms. The average molecular weight is 297 g/mol. The highest BCUT2D eigenvalue weighted by molar-refractivity contribution is 7.89. The molecule has 1 aromatic carbocycles. The summed E-state index contributed by atoms with van der Waals surface area (Å²) in [6.07, 6.45) is 0. The molecule has 0 aliphatic rings. The van der Waals surface area contributed by atoms with Gasteiger partial charge in [-0.1, -0.05) is 0 Å². The first kappa shape index (κ1) is 14.7. The maximum absolute atomic E-state index is 13.2. The molecule has 0 aliphatic carbocycles. The van der Waals surface area contributed by atoms with Gasteiger partial charge in [-0.25, -0.2) is 17.5 Å². The smallest absolute Gasteiger partial charge is 0.241 e. The van der Waals surface area contributed by atoms with E-state index >= 15 is 0 Å². The SMILES string of the molecule is Cc1ccc(CNS(=O)(=O)c2c(C)cc(F)cc2C)o1. The van der Waals surface area contributed by atoms with Crippen molar-refractivity contribution in [3.63, 3.8) is 0 Å². The van der Waals surface area contributed by atoms with Gasteiger partial charge in [-0.3, -0.25) is 0 Å². The summed E-state index contributed by atoms with van der Waals surface area (Å²) >= 11 is 0. The zero-order valence-electron chi connectivity index (χ0n) is 11.5. The number of nitrogens with one attached hydrogen (secondary N) is 1. The van der Waals surface area contributed by atoms with Crippen molar-refractivity contribution in [1.82, 2.24) is 4.72 Å². The molecule has 0 atom stereocenters. The Balaban J connectivity index is 2.27. The molecule has 0 bridgehead atoms. The Labute approximate surface area is 117 Å². The highest BCUT2D eigenvalue weighted by atomic mass is 32.2. The molecule has 1 N–H and O–H groups in total. The molecule has 1 heterocycles. The average Bonchev–Trinajstić information content (AvgIpc) is 2.71. The van der Waals surface area contributed by atoms with Gasteiger partial charge in [0.05, 0.1) is 11.4 Å². The maximum atomic E-state index is 13.2. The van der Waals surface area contributed by atoms with Gasteiger partial charge >= 0.3 is 0 Å². The fourth-order valence-corrected chi connectivity index (χ4v) is 3.58. The highest BCUT2D eigenvalue weighted by Gasteiger charge is 2.20. The van der Waals surface area contributed by atoms with Gasteiger partial charge in [-0.05, 0) is 56.2 Å². The first-order valence-electron chi connectivity index (χ1n) is 6.11. The van der Waals surface area contributed by atoms with Crippen LogP contribution in [0.1, 0.15) is 22.6 Å². The molecule has 20 heavy (non-hydrogen) atoms. The first-order valence-corrected chi connectivity index (χ1v) is 7.59. The van der Waals surface area contributed by atoms with Gasteiger partial charge in [-0.15, -0.1) is 0 Å². The normalized spacial score (nSPS) is 11.8. The van der Waals surface area contributed by atoms with E-state index in [4.69, 9.17) is 4.42 Å². The Hall–Kier alpha value is -1.66. The largest absolute Gasteiger partial charge is 0.465 e. The van der Waals surface area contributed by atoms with Crippen LogP contribution in [0.2, 0.25) is 0 Å². The van der Waals surface area contributed by atoms with E-state index in [2.05, 4.69) is 4.72 Å². The number of benzene rings is 1. The van der Waals surface area contributed by atoms with Crippen molar-refractivity contribution < 1.29 is 17.2 Å². The quantitative estimate of drug-likeness (QED) is 0.944. The lowest BCUT2D eigenvalue weighted by Gasteiger charge is -2.11. The third-order valence-corrected chi connectivity index (χ3v) is 4.63. The molecule has 0 saturated carbocycles. The van der Waals surface area contributed by atoms with E-state index in [0.717, 1.165) is 0 Å². The second-order valence-electron chi connectivity index (χ2n) is 4.71. The van der Waals surface area contributed by atoms with Crippen LogP contribution in [0.3, 0.4) is 0 Å². The number of aryl methyl sites for hydroxylation is 3. The number of hydrogen-bond acceptors (Lipinski definition) is 3. The van der Waals surface area contributed by atoms with Gasteiger partial charge in [0.25, 0.3) is 0 Å². The Morgan fingerprint density at radius 1 is 1.15 bits per heavy atom. The summed E-state index contributed by atoms with van der Waals surface area (Å²) in [5.41, 5.74) is 0.760. The molecule has 0 unspecified atom stereocenters. The van der Waals surface area contributed by atoms with Crippen LogP contribution in [0.25, 0.3) is 0 Å². The minimum absolute atomic E-state index is 0.0619. The van der Waals surface area contributed by atoms with Crippen molar-refractivity contribution in [3.05, 3.63) is 52.7 Å². The van der Waals surface area contributed by atoms with Gasteiger partial charge in [0.2, 0.25) is 10.0 Å². The molecule has 0 spiro atoms. The van der Waals surface area contributed by atoms with E-state index in [-0.39, 0.29) is 11.4 Å². The summed E-state index contributed by atoms with van der Waals surface area (Å²) in [5, 5.41) is 0. The van der Waals surface area contributed by atoms with Crippen molar-refractivity contribution in [1.29, 1.82) is 0 Å². The maximum Gasteiger partial charge on any atom is 0.241 e. The van der Waals surface area contributed by atoms with Crippen molar-refractivity contribution in [2.24, 2.45) is 0 Å². The Bertz CT molecular complexity index is 712. The van der Waals surface area contributed by atoms with E-state index in [9.17, 15) is 12.8 Å². The van der Waals surface area contributed by atoms with E-state index in [1.165, 1.54) is 12.1 Å². The molecule has 0 saturated heterocycles. The second-order valence-corrected chi connectivity index (χ2v) is 6.41. The fourth-order valence-electron chi connectivity index (χ4n) is 2.14. The fraction of sp³-hybridized carbons (Fsp3) is 0.286. The van der Waals surface area contributed by atoms with Gasteiger partial charge < -0.3 is 4.42 Å². The summed E-state index contributed by atoms with van der Waals surface area (Å²) in [4.78, 5) is 0.113. The lowest BCUT2D eigenvalue weighted by molar-refractivity contribution is 0.475. The van der Waals surface area contributed by atoms with Crippen molar-refractivity contribution >= 4 is 10.0 Å². The third kappa shape index (κ3) is 3.08. The molecule has 2 rings (SSSR count). The lowest BCUT2D eigenvalue weighted by atomic mass is 10.1. The molecule has 4 nitrogen and oxygen atoms in total. The van der Waals surface area contributed by atoms with Crippen molar-refractivity contribution in [2.75, 3.05) is 0 Å². The Kier molecular flexibility index (Phi) is 3.96. The molecule has 1 aromatic heterocycles. The molecule has 0 fully saturated rings. The Morgan fingerprint density at radius 2 is 1.75 bits per heavy atom. The molecule has 108 valence electrons. The molecular weight excluding hydrogens is 281 g/mol. The minimum atomic E-state index is -3.70. The second kappa shape index (κ2) is 5.38. The highest BCUT2D eigenvalue weighted by Crippen LogP contribution is 2.21. The minimum Gasteiger partial charge on any atom is -0.465 e. The molecule has 0 amide bonds. The van der Waals surface area contributed by atoms with Gasteiger partial charge in [0.15, 0.2) is 0 Å². The van der Waals surface area contributed by atoms with Crippen LogP contribution in [-0.4, -0.2) is 8.42 Å². The van der Waals surface area contributed by atoms with Crippen LogP contribution in [-0.2, 0) is 16.6 Å². The first-order chi connectivity index (χ1) is 9.29. The van der Waals surface area contributed by atoms with E-state index < -0.39 is 15.8 Å². The summed E-state index contributed by atoms with van der Waals surface area (Å²) in [7, 11) is -3.70. The number of halogens is 1. The topological polar surface area (TPSA) is 59.3 Å². The summed E-state index contributed by atoms with van der Waals surface area (Å²) in [6.45, 7) is 4.99. The number of furan rings is 1. The number of hydrogen-bond donors (Lipinski definition) is 1. The molecule has 0 radical (unpaired) electrons. The Morgan fingerprint density at radius 3 is 2.25 bits per heavy atom. The summed E-state index contributed by atoms with van der Waals surface area (Å²) in [6, 6.07) is 5.89. The monoisotopic (exact) mass is 297 g/mol. The number of sulfonamides is 1. The van der Waals surface area contributed by atoms with Crippen LogP contribution < -0.4 is 4.72 Å². The number of rotatable bonds is 4. The summed E-state index contributed by atoms with van der Waals surface area (Å²) < 4.78 is 45.6. The van der Waals surface area contributed by atoms with Crippen LogP contribution in [0.15, 0.2) is 33.6 Å². The predicted molar refractivity (Wildman–Crippen MR) is 73.3 cm³/mol. The molecule has 0 aliphatic heterocycles. The van der Waals surface area contributed by atoms with Crippen molar-refractivity contribution in [3.8, 4) is 0 Å². The predicted octanol–water partition coefficient (Wildman–Crippen LogP) is 2.82. The molecular formula is C14H16FNO3S. The van der Waals surface area contributed by atoms with Crippen LogP contribution in [0.5, 0.6) is 0 Å². The van der Waals surface area contributed by atoms with Crippen molar-refractivity contribution in [2.45, 2.75) is 32.2 Å². The zero-order valence-corrected chi connectivity index (χ0v) is 12.3. The van der Waals surface area contributed by atoms with Gasteiger partial charge in [0.1, 0.15) is 17.3 Å². The van der Waals surface area contributed by atoms with Crippen LogP contribution in [0.4, 0.5) is 4.39 Å². The zero-order chi connectivity index (χ0) is 14.9. The summed E-state index contributed by atoms with van der Waals surface area (Å²) in [5.74, 6) is 0.803. The van der Waals surface area contributed by atoms with Crippen LogP contribution >= 0.6 is 0 Å². The lowest BCUT2D eigenvalue weighted by Crippen LogP contribution is -2.24. The van der Waals surface area contributed by atoms with E-state index in [1.807, 2.05) is 0 Å². The standard InChI is InChI=1S/C14H16FNO3S/c1-9-6-12(15)7-10(2)14(9)20(17,18)16-8-13-5-4-11(3)19-13/h4-7,16H,8H2,1-3H3. The molecule has 2 aromatic rings. The van der Waals surface area contributed by atoms with E-state index in [0.29, 0.717) is 22.6 Å². The third-order valence-electron chi connectivity index (χ3n) is 2.93. The van der Waals surface area contributed by atoms with E-state index in [1.54, 1.807) is 32.9 Å².